The summed E-state index contributed by atoms with van der Waals surface area (Å²) < 4.78 is 0. The average molecular weight is 287 g/mol. The molecule has 0 radical (unpaired) electrons. The molecule has 0 aliphatic heterocycles. The van der Waals surface area contributed by atoms with Crippen LogP contribution >= 0.6 is 11.3 Å². The van der Waals surface area contributed by atoms with Crippen molar-refractivity contribution in [3.05, 3.63) is 47.3 Å². The Labute approximate surface area is 127 Å². The maximum atomic E-state index is 3.46. The van der Waals surface area contributed by atoms with Gasteiger partial charge in [0.05, 0.1) is 5.00 Å². The van der Waals surface area contributed by atoms with Gasteiger partial charge < -0.3 is 5.32 Å². The maximum Gasteiger partial charge on any atom is 0.0929 e. The van der Waals surface area contributed by atoms with Crippen molar-refractivity contribution in [1.29, 1.82) is 0 Å². The van der Waals surface area contributed by atoms with Crippen molar-refractivity contribution in [2.45, 2.75) is 51.9 Å². The normalized spacial score (nSPS) is 10.7. The quantitative estimate of drug-likeness (QED) is 0.526. The highest BCUT2D eigenvalue weighted by molar-refractivity contribution is 7.14. The van der Waals surface area contributed by atoms with E-state index in [2.05, 4.69) is 48.0 Å². The number of hydrogen-bond acceptors (Lipinski definition) is 2. The van der Waals surface area contributed by atoms with E-state index >= 15 is 0 Å². The Kier molecular flexibility index (Phi) is 6.65. The zero-order valence-electron chi connectivity index (χ0n) is 12.4. The molecule has 0 spiro atoms. The van der Waals surface area contributed by atoms with Crippen molar-refractivity contribution in [1.82, 2.24) is 0 Å². The van der Waals surface area contributed by atoms with Gasteiger partial charge >= 0.3 is 0 Å². The van der Waals surface area contributed by atoms with Gasteiger partial charge in [-0.1, -0.05) is 57.2 Å². The van der Waals surface area contributed by atoms with Gasteiger partial charge in [-0.2, -0.15) is 0 Å². The second kappa shape index (κ2) is 8.80. The van der Waals surface area contributed by atoms with Crippen LogP contribution in [0.2, 0.25) is 0 Å². The summed E-state index contributed by atoms with van der Waals surface area (Å²) in [6, 6.07) is 12.7. The first kappa shape index (κ1) is 15.1. The van der Waals surface area contributed by atoms with E-state index in [1.54, 1.807) is 11.3 Å². The van der Waals surface area contributed by atoms with Crippen LogP contribution < -0.4 is 5.32 Å². The van der Waals surface area contributed by atoms with Crippen LogP contribution in [0.1, 0.15) is 51.0 Å². The molecule has 1 aromatic carbocycles. The number of hydrogen-bond donors (Lipinski definition) is 1. The van der Waals surface area contributed by atoms with Gasteiger partial charge in [-0.15, -0.1) is 11.3 Å². The second-order valence-corrected chi connectivity index (χ2v) is 6.24. The van der Waals surface area contributed by atoms with Crippen molar-refractivity contribution < 1.29 is 0 Å². The van der Waals surface area contributed by atoms with E-state index in [-0.39, 0.29) is 0 Å². The SMILES string of the molecule is CCCCCCCCc1csc(Nc2ccccc2)c1. The summed E-state index contributed by atoms with van der Waals surface area (Å²) in [6.07, 6.45) is 9.44. The fourth-order valence-electron chi connectivity index (χ4n) is 2.35. The molecule has 1 aromatic heterocycles. The molecule has 0 aliphatic rings. The lowest BCUT2D eigenvalue weighted by molar-refractivity contribution is 0.608. The molecule has 1 heterocycles. The zero-order valence-corrected chi connectivity index (χ0v) is 13.2. The van der Waals surface area contributed by atoms with Gasteiger partial charge in [-0.25, -0.2) is 0 Å². The van der Waals surface area contributed by atoms with E-state index < -0.39 is 0 Å². The highest BCUT2D eigenvalue weighted by Gasteiger charge is 2.00. The number of benzene rings is 1. The minimum Gasteiger partial charge on any atom is -0.347 e. The van der Waals surface area contributed by atoms with E-state index in [0.717, 1.165) is 0 Å². The minimum atomic E-state index is 1.17. The molecule has 0 saturated heterocycles. The predicted molar refractivity (Wildman–Crippen MR) is 91.1 cm³/mol. The van der Waals surface area contributed by atoms with Gasteiger partial charge in [0.15, 0.2) is 0 Å². The Morgan fingerprint density at radius 1 is 0.950 bits per heavy atom. The van der Waals surface area contributed by atoms with Crippen molar-refractivity contribution in [3.63, 3.8) is 0 Å². The standard InChI is InChI=1S/C18H25NS/c1-2-3-4-5-6-8-11-16-14-18(20-15-16)19-17-12-9-7-10-13-17/h7,9-10,12-15,19H,2-6,8,11H2,1H3. The lowest BCUT2D eigenvalue weighted by Crippen LogP contribution is -1.86. The zero-order chi connectivity index (χ0) is 14.0. The van der Waals surface area contributed by atoms with Gasteiger partial charge in [0.2, 0.25) is 0 Å². The molecular formula is C18H25NS. The maximum absolute atomic E-state index is 3.46. The Balaban J connectivity index is 1.70. The molecule has 0 bridgehead atoms. The Bertz CT molecular complexity index is 475. The van der Waals surface area contributed by atoms with Crippen LogP contribution in [0.4, 0.5) is 10.7 Å². The molecule has 0 unspecified atom stereocenters. The first-order valence-electron chi connectivity index (χ1n) is 7.78. The van der Waals surface area contributed by atoms with Crippen LogP contribution in [0.5, 0.6) is 0 Å². The largest absolute Gasteiger partial charge is 0.347 e. The molecule has 108 valence electrons. The third kappa shape index (κ3) is 5.38. The van der Waals surface area contributed by atoms with Crippen LogP contribution in [0.3, 0.4) is 0 Å². The van der Waals surface area contributed by atoms with Gasteiger partial charge in [-0.05, 0) is 42.0 Å². The molecule has 20 heavy (non-hydrogen) atoms. The molecule has 1 nitrogen and oxygen atoms in total. The van der Waals surface area contributed by atoms with Crippen molar-refractivity contribution >= 4 is 22.0 Å². The molecular weight excluding hydrogens is 262 g/mol. The van der Waals surface area contributed by atoms with Crippen molar-refractivity contribution in [2.75, 3.05) is 5.32 Å². The van der Waals surface area contributed by atoms with E-state index in [0.29, 0.717) is 0 Å². The van der Waals surface area contributed by atoms with Gasteiger partial charge in [0, 0.05) is 5.69 Å². The highest BCUT2D eigenvalue weighted by Crippen LogP contribution is 2.25. The summed E-state index contributed by atoms with van der Waals surface area (Å²) in [4.78, 5) is 0. The number of unbranched alkanes of at least 4 members (excludes halogenated alkanes) is 5. The molecule has 0 saturated carbocycles. The average Bonchev–Trinajstić information content (AvgIpc) is 2.91. The number of anilines is 2. The predicted octanol–water partition coefficient (Wildman–Crippen LogP) is 6.39. The number of nitrogens with one attached hydrogen (secondary N) is 1. The monoisotopic (exact) mass is 287 g/mol. The number of rotatable bonds is 9. The fraction of sp³-hybridized carbons (Fsp3) is 0.444. The van der Waals surface area contributed by atoms with Crippen molar-refractivity contribution in [3.8, 4) is 0 Å². The minimum absolute atomic E-state index is 1.17. The molecule has 1 N–H and O–H groups in total. The van der Waals surface area contributed by atoms with E-state index in [9.17, 15) is 0 Å². The van der Waals surface area contributed by atoms with Gasteiger partial charge in [0.25, 0.3) is 0 Å². The number of para-hydroxylation sites is 1. The fourth-order valence-corrected chi connectivity index (χ4v) is 3.21. The van der Waals surface area contributed by atoms with Crippen LogP contribution in [0.25, 0.3) is 0 Å². The second-order valence-electron chi connectivity index (χ2n) is 5.33. The third-order valence-corrected chi connectivity index (χ3v) is 4.41. The third-order valence-electron chi connectivity index (χ3n) is 3.51. The Morgan fingerprint density at radius 2 is 1.70 bits per heavy atom. The van der Waals surface area contributed by atoms with Crippen LogP contribution in [0, 0.1) is 0 Å². The van der Waals surface area contributed by atoms with Crippen molar-refractivity contribution in [2.24, 2.45) is 0 Å². The molecule has 2 heteroatoms. The topological polar surface area (TPSA) is 12.0 Å². The van der Waals surface area contributed by atoms with E-state index in [4.69, 9.17) is 0 Å². The first-order valence-corrected chi connectivity index (χ1v) is 8.66. The molecule has 0 amide bonds. The summed E-state index contributed by atoms with van der Waals surface area (Å²) >= 11 is 1.81. The molecule has 2 rings (SSSR count). The lowest BCUT2D eigenvalue weighted by Gasteiger charge is -2.02. The van der Waals surface area contributed by atoms with Crippen LogP contribution in [0.15, 0.2) is 41.8 Å². The summed E-state index contributed by atoms with van der Waals surface area (Å²) in [7, 11) is 0. The number of thiophene rings is 1. The molecule has 0 fully saturated rings. The van der Waals surface area contributed by atoms with Crippen LogP contribution in [-0.2, 0) is 6.42 Å². The Hall–Kier alpha value is -1.28. The van der Waals surface area contributed by atoms with E-state index in [1.165, 1.54) is 61.2 Å². The van der Waals surface area contributed by atoms with Crippen LogP contribution in [-0.4, -0.2) is 0 Å². The highest BCUT2D eigenvalue weighted by atomic mass is 32.1. The molecule has 0 atom stereocenters. The first-order chi connectivity index (χ1) is 9.88. The molecule has 0 aliphatic carbocycles. The van der Waals surface area contributed by atoms with Gasteiger partial charge in [-0.3, -0.25) is 0 Å². The number of aryl methyl sites for hydroxylation is 1. The summed E-state index contributed by atoms with van der Waals surface area (Å²) in [6.45, 7) is 2.27. The molecule has 2 aromatic rings. The van der Waals surface area contributed by atoms with Gasteiger partial charge in [0.1, 0.15) is 0 Å². The summed E-state index contributed by atoms with van der Waals surface area (Å²) in [5.74, 6) is 0. The lowest BCUT2D eigenvalue weighted by atomic mass is 10.1. The Morgan fingerprint density at radius 3 is 2.50 bits per heavy atom. The smallest absolute Gasteiger partial charge is 0.0929 e. The summed E-state index contributed by atoms with van der Waals surface area (Å²) in [5.41, 5.74) is 2.64. The van der Waals surface area contributed by atoms with E-state index in [1.807, 2.05) is 6.07 Å². The summed E-state index contributed by atoms with van der Waals surface area (Å²) in [5, 5.41) is 7.00.